The normalized spacial score (nSPS) is 15.0. The highest BCUT2D eigenvalue weighted by atomic mass is 16.5. The van der Waals surface area contributed by atoms with Crippen molar-refractivity contribution in [2.75, 3.05) is 43.7 Å². The molecular formula is C25H31N3O4. The van der Waals surface area contributed by atoms with Crippen LogP contribution in [0.3, 0.4) is 0 Å². The van der Waals surface area contributed by atoms with Crippen LogP contribution in [-0.2, 0) is 14.3 Å². The number of rotatable bonds is 10. The van der Waals surface area contributed by atoms with Gasteiger partial charge in [0.1, 0.15) is 0 Å². The lowest BCUT2D eigenvalue weighted by Crippen LogP contribution is -2.39. The summed E-state index contributed by atoms with van der Waals surface area (Å²) in [5.41, 5.74) is 4.36. The number of carbonyl (C=O) groups is 1. The van der Waals surface area contributed by atoms with E-state index in [0.29, 0.717) is 18.2 Å². The van der Waals surface area contributed by atoms with Gasteiger partial charge in [-0.25, -0.2) is 0 Å². The average Bonchev–Trinajstić information content (AvgIpc) is 2.81. The Hall–Kier alpha value is -3.08. The molecular weight excluding hydrogens is 406 g/mol. The number of carboxylic acids is 1. The van der Waals surface area contributed by atoms with E-state index < -0.39 is 5.97 Å². The van der Waals surface area contributed by atoms with Gasteiger partial charge < -0.3 is 24.8 Å². The van der Waals surface area contributed by atoms with E-state index in [4.69, 9.17) is 14.7 Å². The van der Waals surface area contributed by atoms with Crippen LogP contribution in [0.15, 0.2) is 42.5 Å². The van der Waals surface area contributed by atoms with E-state index in [1.807, 2.05) is 24.3 Å². The Bertz CT molecular complexity index is 933. The Kier molecular flexibility index (Phi) is 8.48. The molecule has 2 N–H and O–H groups in total. The standard InChI is InChI=1S/C25H31N3O4/c1-3-28(22-10-12-32-13-11-22)24-9-6-19(20(17-31-2)15-25(29)30)14-23(24)27-21-7-4-18(16-26)5-8-21/h4-9,14,20,22,27H,3,10-13,15,17H2,1-2H3,(H,29,30)/t20-/m1/s1. The first kappa shape index (κ1) is 23.6. The number of benzene rings is 2. The van der Waals surface area contributed by atoms with Crippen LogP contribution >= 0.6 is 0 Å². The van der Waals surface area contributed by atoms with Crippen LogP contribution in [0.25, 0.3) is 0 Å². The maximum absolute atomic E-state index is 11.4. The van der Waals surface area contributed by atoms with Crippen LogP contribution in [0.5, 0.6) is 0 Å². The fourth-order valence-electron chi connectivity index (χ4n) is 4.25. The monoisotopic (exact) mass is 437 g/mol. The van der Waals surface area contributed by atoms with Crippen LogP contribution < -0.4 is 10.2 Å². The van der Waals surface area contributed by atoms with Crippen molar-refractivity contribution in [2.45, 2.75) is 38.1 Å². The number of nitriles is 1. The molecule has 1 atom stereocenters. The highest BCUT2D eigenvalue weighted by Crippen LogP contribution is 2.35. The first-order valence-electron chi connectivity index (χ1n) is 11.0. The predicted molar refractivity (Wildman–Crippen MR) is 125 cm³/mol. The highest BCUT2D eigenvalue weighted by molar-refractivity contribution is 5.77. The summed E-state index contributed by atoms with van der Waals surface area (Å²) in [5.74, 6) is -1.10. The van der Waals surface area contributed by atoms with Gasteiger partial charge in [-0.1, -0.05) is 6.07 Å². The van der Waals surface area contributed by atoms with Gasteiger partial charge in [0.25, 0.3) is 0 Å². The maximum Gasteiger partial charge on any atom is 0.304 e. The molecule has 0 aliphatic carbocycles. The zero-order valence-electron chi connectivity index (χ0n) is 18.7. The predicted octanol–water partition coefficient (Wildman–Crippen LogP) is 4.51. The molecule has 32 heavy (non-hydrogen) atoms. The van der Waals surface area contributed by atoms with Gasteiger partial charge in [0, 0.05) is 44.5 Å². The zero-order chi connectivity index (χ0) is 22.9. The largest absolute Gasteiger partial charge is 0.481 e. The van der Waals surface area contributed by atoms with Crippen LogP contribution in [0, 0.1) is 11.3 Å². The molecule has 3 rings (SSSR count). The summed E-state index contributed by atoms with van der Waals surface area (Å²) in [4.78, 5) is 13.8. The summed E-state index contributed by atoms with van der Waals surface area (Å²) in [5, 5.41) is 21.9. The number of anilines is 3. The van der Waals surface area contributed by atoms with Crippen molar-refractivity contribution in [3.05, 3.63) is 53.6 Å². The van der Waals surface area contributed by atoms with Gasteiger partial charge in [0.05, 0.1) is 36.0 Å². The van der Waals surface area contributed by atoms with E-state index >= 15 is 0 Å². The van der Waals surface area contributed by atoms with Gasteiger partial charge in [-0.3, -0.25) is 4.79 Å². The number of hydrogen-bond donors (Lipinski definition) is 2. The van der Waals surface area contributed by atoms with Gasteiger partial charge in [0.2, 0.25) is 0 Å². The van der Waals surface area contributed by atoms with Crippen LogP contribution in [-0.4, -0.2) is 50.6 Å². The van der Waals surface area contributed by atoms with Crippen molar-refractivity contribution in [2.24, 2.45) is 0 Å². The van der Waals surface area contributed by atoms with Crippen molar-refractivity contribution >= 4 is 23.0 Å². The summed E-state index contributed by atoms with van der Waals surface area (Å²) >= 11 is 0. The third-order valence-corrected chi connectivity index (χ3v) is 5.86. The van der Waals surface area contributed by atoms with Gasteiger partial charge in [0.15, 0.2) is 0 Å². The molecule has 1 aliphatic rings. The molecule has 0 bridgehead atoms. The molecule has 0 radical (unpaired) electrons. The van der Waals surface area contributed by atoms with E-state index in [9.17, 15) is 9.90 Å². The van der Waals surface area contributed by atoms with E-state index in [1.165, 1.54) is 0 Å². The number of methoxy groups -OCH3 is 1. The van der Waals surface area contributed by atoms with Crippen LogP contribution in [0.2, 0.25) is 0 Å². The van der Waals surface area contributed by atoms with E-state index in [1.54, 1.807) is 19.2 Å². The Labute approximate surface area is 189 Å². The lowest BCUT2D eigenvalue weighted by Gasteiger charge is -2.37. The second-order valence-corrected chi connectivity index (χ2v) is 7.97. The molecule has 0 saturated carbocycles. The molecule has 0 unspecified atom stereocenters. The second-order valence-electron chi connectivity index (χ2n) is 7.97. The number of hydrogen-bond acceptors (Lipinski definition) is 6. The minimum Gasteiger partial charge on any atom is -0.481 e. The molecule has 0 spiro atoms. The molecule has 1 heterocycles. The summed E-state index contributed by atoms with van der Waals surface area (Å²) in [6, 6.07) is 15.9. The first-order valence-corrected chi connectivity index (χ1v) is 11.0. The Morgan fingerprint density at radius 2 is 2.00 bits per heavy atom. The van der Waals surface area contributed by atoms with Gasteiger partial charge in [-0.15, -0.1) is 0 Å². The van der Waals surface area contributed by atoms with Crippen molar-refractivity contribution in [1.29, 1.82) is 5.26 Å². The maximum atomic E-state index is 11.4. The number of aliphatic carboxylic acids is 1. The van der Waals surface area contributed by atoms with Gasteiger partial charge in [-0.05, 0) is 61.7 Å². The van der Waals surface area contributed by atoms with Crippen molar-refractivity contribution < 1.29 is 19.4 Å². The number of nitrogens with one attached hydrogen (secondary N) is 1. The highest BCUT2D eigenvalue weighted by Gasteiger charge is 2.24. The average molecular weight is 438 g/mol. The van der Waals surface area contributed by atoms with Crippen LogP contribution in [0.1, 0.15) is 43.2 Å². The van der Waals surface area contributed by atoms with Gasteiger partial charge in [-0.2, -0.15) is 5.26 Å². The topological polar surface area (TPSA) is 94.8 Å². The van der Waals surface area contributed by atoms with E-state index in [-0.39, 0.29) is 12.3 Å². The first-order chi connectivity index (χ1) is 15.5. The van der Waals surface area contributed by atoms with Crippen molar-refractivity contribution in [3.63, 3.8) is 0 Å². The fraction of sp³-hybridized carbons (Fsp3) is 0.440. The minimum absolute atomic E-state index is 0.000941. The minimum atomic E-state index is -0.852. The number of nitrogens with zero attached hydrogens (tertiary/aromatic N) is 2. The van der Waals surface area contributed by atoms with E-state index in [2.05, 4.69) is 29.3 Å². The Balaban J connectivity index is 1.99. The molecule has 170 valence electrons. The molecule has 7 nitrogen and oxygen atoms in total. The summed E-state index contributed by atoms with van der Waals surface area (Å²) in [6.45, 7) is 4.84. The Morgan fingerprint density at radius 1 is 1.28 bits per heavy atom. The van der Waals surface area contributed by atoms with E-state index in [0.717, 1.165) is 55.2 Å². The summed E-state index contributed by atoms with van der Waals surface area (Å²) < 4.78 is 10.9. The third kappa shape index (κ3) is 6.00. The molecule has 2 aromatic carbocycles. The lowest BCUT2D eigenvalue weighted by atomic mass is 9.94. The smallest absolute Gasteiger partial charge is 0.304 e. The third-order valence-electron chi connectivity index (χ3n) is 5.86. The summed E-state index contributed by atoms with van der Waals surface area (Å²) in [6.07, 6.45) is 1.94. The molecule has 1 saturated heterocycles. The molecule has 1 fully saturated rings. The molecule has 2 aromatic rings. The van der Waals surface area contributed by atoms with Gasteiger partial charge >= 0.3 is 5.97 Å². The van der Waals surface area contributed by atoms with Crippen molar-refractivity contribution in [3.8, 4) is 6.07 Å². The molecule has 0 amide bonds. The fourth-order valence-corrected chi connectivity index (χ4v) is 4.25. The van der Waals surface area contributed by atoms with Crippen LogP contribution in [0.4, 0.5) is 17.1 Å². The second kappa shape index (κ2) is 11.5. The SMILES string of the molecule is CCN(c1ccc([C@@H](COC)CC(=O)O)cc1Nc1ccc(C#N)cc1)C1CCOCC1. The van der Waals surface area contributed by atoms with Crippen molar-refractivity contribution in [1.82, 2.24) is 0 Å². The summed E-state index contributed by atoms with van der Waals surface area (Å²) in [7, 11) is 1.59. The quantitative estimate of drug-likeness (QED) is 0.565. The molecule has 7 heteroatoms. The molecule has 0 aromatic heterocycles. The molecule has 1 aliphatic heterocycles. The Morgan fingerprint density at radius 3 is 2.59 bits per heavy atom. The number of carboxylic acid groups (broad SMARTS) is 1. The lowest BCUT2D eigenvalue weighted by molar-refractivity contribution is -0.137. The zero-order valence-corrected chi connectivity index (χ0v) is 18.7. The number of ether oxygens (including phenoxy) is 2.